The van der Waals surface area contributed by atoms with E-state index in [2.05, 4.69) is 10.3 Å². The van der Waals surface area contributed by atoms with Crippen LogP contribution < -0.4 is 5.32 Å². The van der Waals surface area contributed by atoms with E-state index in [1.54, 1.807) is 18.2 Å². The maximum absolute atomic E-state index is 11.2. The van der Waals surface area contributed by atoms with E-state index in [0.29, 0.717) is 25.7 Å². The Morgan fingerprint density at radius 1 is 1.16 bits per heavy atom. The van der Waals surface area contributed by atoms with E-state index in [4.69, 9.17) is 23.2 Å². The summed E-state index contributed by atoms with van der Waals surface area (Å²) in [6.07, 6.45) is -0.0794. The molecule has 7 heteroatoms. The number of aliphatic carboxylic acids is 1. The van der Waals surface area contributed by atoms with Gasteiger partial charge in [-0.25, -0.2) is 4.98 Å². The van der Waals surface area contributed by atoms with E-state index in [9.17, 15) is 9.90 Å². The average molecular weight is 393 g/mol. The van der Waals surface area contributed by atoms with Gasteiger partial charge in [-0.1, -0.05) is 53.0 Å². The molecule has 3 rings (SSSR count). The molecule has 0 unspecified atom stereocenters. The SMILES string of the molecule is Cc1ccc(-c2nc(Nc3ccc(Cl)c(Cl)c3)sc2CC(=O)O)cc1. The highest BCUT2D eigenvalue weighted by atomic mass is 35.5. The molecule has 2 aromatic carbocycles. The number of thiazole rings is 1. The summed E-state index contributed by atoms with van der Waals surface area (Å²) in [5.74, 6) is -0.891. The number of halogens is 2. The molecule has 25 heavy (non-hydrogen) atoms. The Morgan fingerprint density at radius 2 is 1.88 bits per heavy atom. The van der Waals surface area contributed by atoms with Crippen molar-refractivity contribution < 1.29 is 9.90 Å². The summed E-state index contributed by atoms with van der Waals surface area (Å²) in [4.78, 5) is 16.5. The molecule has 1 aromatic heterocycles. The lowest BCUT2D eigenvalue weighted by atomic mass is 10.1. The standard InChI is InChI=1S/C18H14Cl2N2O2S/c1-10-2-4-11(5-3-10)17-15(9-16(23)24)25-18(22-17)21-12-6-7-13(19)14(20)8-12/h2-8H,9H2,1H3,(H,21,22)(H,23,24). The van der Waals surface area contributed by atoms with Gasteiger partial charge in [0.05, 0.1) is 22.2 Å². The number of rotatable bonds is 5. The molecule has 0 aliphatic heterocycles. The quantitative estimate of drug-likeness (QED) is 0.576. The average Bonchev–Trinajstić information content (AvgIpc) is 2.93. The Morgan fingerprint density at radius 3 is 2.52 bits per heavy atom. The third-order valence-electron chi connectivity index (χ3n) is 3.51. The molecule has 0 spiro atoms. The van der Waals surface area contributed by atoms with Gasteiger partial charge in [-0.05, 0) is 25.1 Å². The molecule has 3 aromatic rings. The van der Waals surface area contributed by atoms with Crippen molar-refractivity contribution in [3.05, 3.63) is 63.0 Å². The van der Waals surface area contributed by atoms with Crippen LogP contribution in [-0.2, 0) is 11.2 Å². The second-order valence-corrected chi connectivity index (χ2v) is 7.38. The summed E-state index contributed by atoms with van der Waals surface area (Å²) in [6.45, 7) is 2.00. The van der Waals surface area contributed by atoms with Gasteiger partial charge in [0.25, 0.3) is 0 Å². The van der Waals surface area contributed by atoms with Crippen LogP contribution in [0, 0.1) is 6.92 Å². The highest BCUT2D eigenvalue weighted by Crippen LogP contribution is 2.34. The predicted octanol–water partition coefficient (Wildman–Crippen LogP) is 5.80. The van der Waals surface area contributed by atoms with Crippen molar-refractivity contribution in [3.8, 4) is 11.3 Å². The number of anilines is 2. The number of hydrogen-bond donors (Lipinski definition) is 2. The van der Waals surface area contributed by atoms with Crippen LogP contribution in [0.2, 0.25) is 10.0 Å². The van der Waals surface area contributed by atoms with Crippen molar-refractivity contribution in [3.63, 3.8) is 0 Å². The zero-order chi connectivity index (χ0) is 18.0. The number of carboxylic acids is 1. The molecule has 0 fully saturated rings. The Kier molecular flexibility index (Phi) is 5.27. The summed E-state index contributed by atoms with van der Waals surface area (Å²) in [6, 6.07) is 13.0. The van der Waals surface area contributed by atoms with Gasteiger partial charge in [0, 0.05) is 16.1 Å². The lowest BCUT2D eigenvalue weighted by Crippen LogP contribution is -1.99. The first-order chi connectivity index (χ1) is 11.9. The molecular weight excluding hydrogens is 379 g/mol. The zero-order valence-corrected chi connectivity index (χ0v) is 15.5. The first-order valence-electron chi connectivity index (χ1n) is 7.43. The molecule has 0 amide bonds. The number of nitrogens with one attached hydrogen (secondary N) is 1. The van der Waals surface area contributed by atoms with Crippen LogP contribution in [0.25, 0.3) is 11.3 Å². The third-order valence-corrected chi connectivity index (χ3v) is 5.21. The van der Waals surface area contributed by atoms with Crippen molar-refractivity contribution in [2.45, 2.75) is 13.3 Å². The van der Waals surface area contributed by atoms with E-state index in [-0.39, 0.29) is 6.42 Å². The molecule has 4 nitrogen and oxygen atoms in total. The van der Waals surface area contributed by atoms with E-state index in [1.807, 2.05) is 31.2 Å². The van der Waals surface area contributed by atoms with Crippen molar-refractivity contribution in [1.82, 2.24) is 4.98 Å². The molecule has 0 bridgehead atoms. The van der Waals surface area contributed by atoms with E-state index in [1.165, 1.54) is 11.3 Å². The first kappa shape index (κ1) is 17.7. The van der Waals surface area contributed by atoms with Crippen molar-refractivity contribution in [1.29, 1.82) is 0 Å². The maximum atomic E-state index is 11.2. The van der Waals surface area contributed by atoms with Crippen LogP contribution >= 0.6 is 34.5 Å². The van der Waals surface area contributed by atoms with Crippen molar-refractivity contribution in [2.75, 3.05) is 5.32 Å². The topological polar surface area (TPSA) is 62.2 Å². The number of aryl methyl sites for hydroxylation is 1. The molecule has 128 valence electrons. The van der Waals surface area contributed by atoms with Crippen molar-refractivity contribution in [2.24, 2.45) is 0 Å². The fourth-order valence-electron chi connectivity index (χ4n) is 2.30. The normalized spacial score (nSPS) is 10.7. The molecule has 2 N–H and O–H groups in total. The number of carboxylic acid groups (broad SMARTS) is 1. The molecule has 0 aliphatic rings. The van der Waals surface area contributed by atoms with Crippen LogP contribution in [0.4, 0.5) is 10.8 Å². The van der Waals surface area contributed by atoms with Gasteiger partial charge in [-0.3, -0.25) is 4.79 Å². The highest BCUT2D eigenvalue weighted by molar-refractivity contribution is 7.16. The highest BCUT2D eigenvalue weighted by Gasteiger charge is 2.16. The number of benzene rings is 2. The fourth-order valence-corrected chi connectivity index (χ4v) is 3.59. The van der Waals surface area contributed by atoms with Crippen LogP contribution in [0.15, 0.2) is 42.5 Å². The lowest BCUT2D eigenvalue weighted by Gasteiger charge is -2.03. The maximum Gasteiger partial charge on any atom is 0.308 e. The van der Waals surface area contributed by atoms with Gasteiger partial charge in [0.15, 0.2) is 5.13 Å². The Hall–Kier alpha value is -2.08. The summed E-state index contributed by atoms with van der Waals surface area (Å²) in [5.41, 5.74) is 3.43. The minimum atomic E-state index is -0.891. The first-order valence-corrected chi connectivity index (χ1v) is 9.00. The van der Waals surface area contributed by atoms with Crippen LogP contribution in [-0.4, -0.2) is 16.1 Å². The van der Waals surface area contributed by atoms with E-state index >= 15 is 0 Å². The largest absolute Gasteiger partial charge is 0.481 e. The minimum Gasteiger partial charge on any atom is -0.481 e. The van der Waals surface area contributed by atoms with Crippen molar-refractivity contribution >= 4 is 51.3 Å². The molecule has 1 heterocycles. The van der Waals surface area contributed by atoms with Gasteiger partial charge >= 0.3 is 5.97 Å². The Labute approximate surface area is 159 Å². The Balaban J connectivity index is 1.96. The minimum absolute atomic E-state index is 0.0794. The molecule has 0 saturated heterocycles. The van der Waals surface area contributed by atoms with E-state index in [0.717, 1.165) is 16.8 Å². The second-order valence-electron chi connectivity index (χ2n) is 5.48. The summed E-state index contributed by atoms with van der Waals surface area (Å²) < 4.78 is 0. The number of carbonyl (C=O) groups is 1. The van der Waals surface area contributed by atoms with Gasteiger partial charge in [-0.15, -0.1) is 11.3 Å². The van der Waals surface area contributed by atoms with Crippen LogP contribution in [0.1, 0.15) is 10.4 Å². The zero-order valence-electron chi connectivity index (χ0n) is 13.2. The van der Waals surface area contributed by atoms with E-state index < -0.39 is 5.97 Å². The number of nitrogens with zero attached hydrogens (tertiary/aromatic N) is 1. The summed E-state index contributed by atoms with van der Waals surface area (Å²) in [5, 5.41) is 13.8. The smallest absolute Gasteiger partial charge is 0.308 e. The van der Waals surface area contributed by atoms with Gasteiger partial charge in [-0.2, -0.15) is 0 Å². The van der Waals surface area contributed by atoms with Gasteiger partial charge < -0.3 is 10.4 Å². The third kappa shape index (κ3) is 4.31. The molecule has 0 saturated carbocycles. The van der Waals surface area contributed by atoms with Gasteiger partial charge in [0.1, 0.15) is 0 Å². The van der Waals surface area contributed by atoms with Gasteiger partial charge in [0.2, 0.25) is 0 Å². The molecule has 0 radical (unpaired) electrons. The lowest BCUT2D eigenvalue weighted by molar-refractivity contribution is -0.136. The number of aromatic nitrogens is 1. The monoisotopic (exact) mass is 392 g/mol. The summed E-state index contributed by atoms with van der Waals surface area (Å²) in [7, 11) is 0. The summed E-state index contributed by atoms with van der Waals surface area (Å²) >= 11 is 13.3. The molecule has 0 aliphatic carbocycles. The number of hydrogen-bond acceptors (Lipinski definition) is 4. The second kappa shape index (κ2) is 7.44. The molecular formula is C18H14Cl2N2O2S. The molecule has 0 atom stereocenters. The predicted molar refractivity (Wildman–Crippen MR) is 103 cm³/mol. The van der Waals surface area contributed by atoms with Crippen LogP contribution in [0.5, 0.6) is 0 Å². The van der Waals surface area contributed by atoms with Crippen LogP contribution in [0.3, 0.4) is 0 Å². The fraction of sp³-hybridized carbons (Fsp3) is 0.111. The Bertz CT molecular complexity index is 923.